The van der Waals surface area contributed by atoms with Crippen LogP contribution in [0.25, 0.3) is 16.9 Å². The van der Waals surface area contributed by atoms with E-state index in [1.165, 1.54) is 6.07 Å². The standard InChI is InChI=1S/C29H21ClN4O4/c1-2-38-29(37)18-12-11-17-13-23-25(33-34(26(23)22(17)14-18)21-9-4-3-5-10-21)27(35)24(16-31)28(36)32-20-8-6-7-19(30)15-20/h3-12,14-15,24H,2,13H2,1H3,(H,32,36). The highest BCUT2D eigenvalue weighted by atomic mass is 35.5. The molecule has 1 heterocycles. The van der Waals surface area contributed by atoms with Crippen LogP contribution in [0.5, 0.6) is 0 Å². The number of benzene rings is 3. The minimum absolute atomic E-state index is 0.0329. The molecule has 0 fully saturated rings. The van der Waals surface area contributed by atoms with E-state index < -0.39 is 23.6 Å². The number of ether oxygens (including phenoxy) is 1. The lowest BCUT2D eigenvalue weighted by Crippen LogP contribution is -2.29. The molecule has 9 heteroatoms. The number of rotatable bonds is 7. The van der Waals surface area contributed by atoms with E-state index in [-0.39, 0.29) is 12.3 Å². The smallest absolute Gasteiger partial charge is 0.338 e. The minimum Gasteiger partial charge on any atom is -0.462 e. The molecule has 1 aliphatic carbocycles. The van der Waals surface area contributed by atoms with Gasteiger partial charge < -0.3 is 10.1 Å². The van der Waals surface area contributed by atoms with E-state index in [4.69, 9.17) is 16.3 Å². The zero-order chi connectivity index (χ0) is 26.8. The highest BCUT2D eigenvalue weighted by Crippen LogP contribution is 2.41. The van der Waals surface area contributed by atoms with Crippen molar-refractivity contribution >= 4 is 34.9 Å². The van der Waals surface area contributed by atoms with E-state index in [2.05, 4.69) is 10.4 Å². The zero-order valence-electron chi connectivity index (χ0n) is 20.3. The molecule has 38 heavy (non-hydrogen) atoms. The number of hydrogen-bond acceptors (Lipinski definition) is 6. The van der Waals surface area contributed by atoms with Crippen molar-refractivity contribution in [3.8, 4) is 23.0 Å². The van der Waals surface area contributed by atoms with Crippen molar-refractivity contribution in [3.63, 3.8) is 0 Å². The van der Waals surface area contributed by atoms with Gasteiger partial charge in [0.25, 0.3) is 0 Å². The van der Waals surface area contributed by atoms with Crippen LogP contribution in [0.15, 0.2) is 72.8 Å². The maximum Gasteiger partial charge on any atom is 0.338 e. The quantitative estimate of drug-likeness (QED) is 0.177. The molecular formula is C29H21ClN4O4. The fourth-order valence-corrected chi connectivity index (χ4v) is 4.68. The predicted octanol–water partition coefficient (Wildman–Crippen LogP) is 5.23. The average molecular weight is 525 g/mol. The van der Waals surface area contributed by atoms with Gasteiger partial charge in [-0.1, -0.05) is 41.9 Å². The Labute approximate surface area is 223 Å². The number of halogens is 1. The maximum atomic E-state index is 13.6. The van der Waals surface area contributed by atoms with Gasteiger partial charge in [-0.25, -0.2) is 9.48 Å². The van der Waals surface area contributed by atoms with Crippen LogP contribution in [0.1, 0.15) is 38.9 Å². The number of nitrogens with zero attached hydrogens (tertiary/aromatic N) is 3. The first-order valence-corrected chi connectivity index (χ1v) is 12.3. The van der Waals surface area contributed by atoms with E-state index in [1.54, 1.807) is 41.9 Å². The van der Waals surface area contributed by atoms with Gasteiger partial charge in [0.05, 0.1) is 29.6 Å². The van der Waals surface area contributed by atoms with Gasteiger partial charge in [0.1, 0.15) is 5.69 Å². The summed E-state index contributed by atoms with van der Waals surface area (Å²) >= 11 is 5.99. The molecule has 0 spiro atoms. The van der Waals surface area contributed by atoms with E-state index >= 15 is 0 Å². The van der Waals surface area contributed by atoms with Crippen molar-refractivity contribution in [2.75, 3.05) is 11.9 Å². The lowest BCUT2D eigenvalue weighted by molar-refractivity contribution is -0.117. The number of para-hydroxylation sites is 1. The first-order valence-electron chi connectivity index (χ1n) is 11.9. The molecule has 5 rings (SSSR count). The third-order valence-electron chi connectivity index (χ3n) is 6.21. The number of ketones is 1. The van der Waals surface area contributed by atoms with Crippen LogP contribution in [0, 0.1) is 17.2 Å². The molecule has 0 radical (unpaired) electrons. The van der Waals surface area contributed by atoms with Crippen LogP contribution >= 0.6 is 11.6 Å². The summed E-state index contributed by atoms with van der Waals surface area (Å²) in [7, 11) is 0. The van der Waals surface area contributed by atoms with E-state index in [0.717, 1.165) is 11.1 Å². The number of fused-ring (bicyclic) bond motifs is 3. The minimum atomic E-state index is -1.63. The van der Waals surface area contributed by atoms with Crippen LogP contribution in [0.3, 0.4) is 0 Å². The van der Waals surface area contributed by atoms with Crippen LogP contribution in [-0.2, 0) is 16.0 Å². The summed E-state index contributed by atoms with van der Waals surface area (Å²) in [5.74, 6) is -3.57. The molecule has 1 aliphatic rings. The molecule has 1 amide bonds. The molecule has 1 unspecified atom stereocenters. The van der Waals surface area contributed by atoms with Gasteiger partial charge in [0.2, 0.25) is 11.7 Å². The van der Waals surface area contributed by atoms with Crippen molar-refractivity contribution < 1.29 is 19.1 Å². The van der Waals surface area contributed by atoms with Crippen molar-refractivity contribution in [1.82, 2.24) is 9.78 Å². The second kappa shape index (κ2) is 10.3. The highest BCUT2D eigenvalue weighted by Gasteiger charge is 2.37. The van der Waals surface area contributed by atoms with Crippen LogP contribution < -0.4 is 5.32 Å². The zero-order valence-corrected chi connectivity index (χ0v) is 21.0. The first kappa shape index (κ1) is 24.9. The van der Waals surface area contributed by atoms with Gasteiger partial charge in [-0.3, -0.25) is 9.59 Å². The molecule has 0 saturated carbocycles. The van der Waals surface area contributed by atoms with E-state index in [9.17, 15) is 19.6 Å². The molecule has 1 N–H and O–H groups in total. The Morgan fingerprint density at radius 1 is 1.11 bits per heavy atom. The molecule has 4 aromatic rings. The van der Waals surface area contributed by atoms with Gasteiger partial charge in [-0.05, 0) is 55.0 Å². The summed E-state index contributed by atoms with van der Waals surface area (Å²) in [6.45, 7) is 1.98. The molecule has 188 valence electrons. The summed E-state index contributed by atoms with van der Waals surface area (Å²) in [5.41, 5.74) is 4.31. The number of hydrogen-bond donors (Lipinski definition) is 1. The molecule has 8 nitrogen and oxygen atoms in total. The summed E-state index contributed by atoms with van der Waals surface area (Å²) in [4.78, 5) is 39.0. The monoisotopic (exact) mass is 524 g/mol. The Morgan fingerprint density at radius 3 is 2.61 bits per heavy atom. The lowest BCUT2D eigenvalue weighted by Gasteiger charge is -2.10. The summed E-state index contributed by atoms with van der Waals surface area (Å²) in [6, 6.07) is 22.7. The lowest BCUT2D eigenvalue weighted by atomic mass is 9.98. The van der Waals surface area contributed by atoms with Crippen LogP contribution in [-0.4, -0.2) is 34.0 Å². The summed E-state index contributed by atoms with van der Waals surface area (Å²) in [5, 5.41) is 17.4. The Morgan fingerprint density at radius 2 is 1.89 bits per heavy atom. The number of anilines is 1. The number of amides is 1. The Hall–Kier alpha value is -4.74. The van der Waals surface area contributed by atoms with Crippen molar-refractivity contribution in [1.29, 1.82) is 5.26 Å². The third kappa shape index (κ3) is 4.56. The molecule has 0 saturated heterocycles. The SMILES string of the molecule is CCOC(=O)c1ccc2c(c1)-c1c(c(C(=O)C(C#N)C(=O)Nc3cccc(Cl)c3)nn1-c1ccccc1)C2. The average Bonchev–Trinajstić information content (AvgIpc) is 3.47. The number of nitrogens with one attached hydrogen (secondary N) is 1. The van der Waals surface area contributed by atoms with Crippen molar-refractivity contribution in [2.45, 2.75) is 13.3 Å². The first-order chi connectivity index (χ1) is 18.4. The van der Waals surface area contributed by atoms with Crippen molar-refractivity contribution in [3.05, 3.63) is 100 Å². The van der Waals surface area contributed by atoms with Gasteiger partial charge in [-0.15, -0.1) is 0 Å². The molecule has 1 atom stereocenters. The van der Waals surface area contributed by atoms with Gasteiger partial charge in [-0.2, -0.15) is 10.4 Å². The maximum absolute atomic E-state index is 13.6. The number of carbonyl (C=O) groups is 3. The van der Waals surface area contributed by atoms with Gasteiger partial charge in [0, 0.05) is 28.3 Å². The topological polar surface area (TPSA) is 114 Å². The highest BCUT2D eigenvalue weighted by molar-refractivity contribution is 6.31. The number of Topliss-reactive ketones (excluding diaryl/α,β-unsaturated/α-hetero) is 1. The molecule has 1 aromatic heterocycles. The third-order valence-corrected chi connectivity index (χ3v) is 6.44. The van der Waals surface area contributed by atoms with Gasteiger partial charge >= 0.3 is 5.97 Å². The Kier molecular flexibility index (Phi) is 6.77. The van der Waals surface area contributed by atoms with Gasteiger partial charge in [0.15, 0.2) is 5.92 Å². The van der Waals surface area contributed by atoms with E-state index in [1.807, 2.05) is 42.5 Å². The fourth-order valence-electron chi connectivity index (χ4n) is 4.49. The second-order valence-corrected chi connectivity index (χ2v) is 9.05. The number of aromatic nitrogens is 2. The molecular weight excluding hydrogens is 504 g/mol. The Balaban J connectivity index is 1.57. The molecule has 3 aromatic carbocycles. The molecule has 0 bridgehead atoms. The second-order valence-electron chi connectivity index (χ2n) is 8.62. The number of nitriles is 1. The normalized spacial score (nSPS) is 12.1. The van der Waals surface area contributed by atoms with Crippen LogP contribution in [0.2, 0.25) is 5.02 Å². The van der Waals surface area contributed by atoms with Crippen LogP contribution in [0.4, 0.5) is 5.69 Å². The summed E-state index contributed by atoms with van der Waals surface area (Å²) in [6.07, 6.45) is 0.357. The number of esters is 1. The summed E-state index contributed by atoms with van der Waals surface area (Å²) < 4.78 is 6.78. The Bertz CT molecular complexity index is 1620. The number of carbonyl (C=O) groups excluding carboxylic acids is 3. The largest absolute Gasteiger partial charge is 0.462 e. The van der Waals surface area contributed by atoms with E-state index in [0.29, 0.717) is 39.6 Å². The molecule has 0 aliphatic heterocycles. The fraction of sp³-hybridized carbons (Fsp3) is 0.138. The van der Waals surface area contributed by atoms with Crippen molar-refractivity contribution in [2.24, 2.45) is 5.92 Å². The predicted molar refractivity (Wildman–Crippen MR) is 141 cm³/mol.